The lowest BCUT2D eigenvalue weighted by Crippen LogP contribution is -2.10. The third kappa shape index (κ3) is 3.56. The van der Waals surface area contributed by atoms with Gasteiger partial charge in [0.25, 0.3) is 0 Å². The van der Waals surface area contributed by atoms with Crippen molar-refractivity contribution in [2.45, 2.75) is 45.6 Å². The third-order valence-electron chi connectivity index (χ3n) is 2.77. The molecule has 2 nitrogen and oxygen atoms in total. The molecule has 0 radical (unpaired) electrons. The molecule has 0 spiro atoms. The molecule has 1 atom stereocenters. The summed E-state index contributed by atoms with van der Waals surface area (Å²) in [6.45, 7) is 4.09. The van der Waals surface area contributed by atoms with E-state index in [0.717, 1.165) is 17.5 Å². The lowest BCUT2D eigenvalue weighted by molar-refractivity contribution is 0.470. The molecule has 0 aliphatic heterocycles. The summed E-state index contributed by atoms with van der Waals surface area (Å²) >= 11 is 0. The molecule has 0 aromatic heterocycles. The highest BCUT2D eigenvalue weighted by Crippen LogP contribution is 2.23. The Labute approximate surface area is 92.1 Å². The van der Waals surface area contributed by atoms with Crippen LogP contribution in [-0.2, 0) is 0 Å². The maximum Gasteiger partial charge on any atom is 0.118 e. The predicted octanol–water partition coefficient (Wildman–Crippen LogP) is 3.28. The lowest BCUT2D eigenvalue weighted by Gasteiger charge is -2.12. The molecule has 1 rings (SSSR count). The van der Waals surface area contributed by atoms with Crippen LogP contribution < -0.4 is 5.73 Å². The van der Waals surface area contributed by atoms with E-state index in [1.165, 1.54) is 19.3 Å². The topological polar surface area (TPSA) is 46.2 Å². The molecule has 15 heavy (non-hydrogen) atoms. The molecule has 1 aromatic carbocycles. The van der Waals surface area contributed by atoms with Gasteiger partial charge in [-0.25, -0.2) is 0 Å². The van der Waals surface area contributed by atoms with Crippen molar-refractivity contribution < 1.29 is 5.11 Å². The second kappa shape index (κ2) is 5.76. The Kier molecular flexibility index (Phi) is 4.63. The molecule has 0 aliphatic carbocycles. The minimum atomic E-state index is 0.107. The number of benzene rings is 1. The average Bonchev–Trinajstić information content (AvgIpc) is 2.22. The van der Waals surface area contributed by atoms with Crippen molar-refractivity contribution in [2.24, 2.45) is 5.73 Å². The van der Waals surface area contributed by atoms with Crippen molar-refractivity contribution in [3.8, 4) is 5.75 Å². The van der Waals surface area contributed by atoms with E-state index >= 15 is 0 Å². The van der Waals surface area contributed by atoms with Gasteiger partial charge in [-0.2, -0.15) is 0 Å². The Morgan fingerprint density at radius 3 is 2.67 bits per heavy atom. The predicted molar refractivity (Wildman–Crippen MR) is 63.9 cm³/mol. The maximum atomic E-state index is 9.40. The standard InChI is InChI=1S/C13H21NO/c1-3-4-5-6-12(14)11-7-8-13(15)10(2)9-11/h7-9,12,15H,3-6,14H2,1-2H3/t12-/m0/s1. The Hall–Kier alpha value is -1.02. The number of hydrogen-bond acceptors (Lipinski definition) is 2. The highest BCUT2D eigenvalue weighted by Gasteiger charge is 2.06. The zero-order valence-electron chi connectivity index (χ0n) is 9.66. The molecular weight excluding hydrogens is 186 g/mol. The summed E-state index contributed by atoms with van der Waals surface area (Å²) in [6, 6.07) is 5.73. The van der Waals surface area contributed by atoms with Crippen molar-refractivity contribution in [3.05, 3.63) is 29.3 Å². The summed E-state index contributed by atoms with van der Waals surface area (Å²) < 4.78 is 0. The fraction of sp³-hybridized carbons (Fsp3) is 0.538. The van der Waals surface area contributed by atoms with Gasteiger partial charge in [-0.05, 0) is 30.5 Å². The van der Waals surface area contributed by atoms with E-state index in [0.29, 0.717) is 5.75 Å². The number of aromatic hydroxyl groups is 1. The first kappa shape index (κ1) is 12.1. The van der Waals surface area contributed by atoms with Gasteiger partial charge in [0.2, 0.25) is 0 Å². The fourth-order valence-corrected chi connectivity index (χ4v) is 1.69. The molecule has 0 amide bonds. The van der Waals surface area contributed by atoms with E-state index in [-0.39, 0.29) is 6.04 Å². The minimum Gasteiger partial charge on any atom is -0.508 e. The van der Waals surface area contributed by atoms with Crippen molar-refractivity contribution in [3.63, 3.8) is 0 Å². The van der Waals surface area contributed by atoms with Crippen molar-refractivity contribution in [1.29, 1.82) is 0 Å². The molecule has 0 aliphatic rings. The zero-order valence-corrected chi connectivity index (χ0v) is 9.66. The Balaban J connectivity index is 2.57. The number of unbranched alkanes of at least 4 members (excludes halogenated alkanes) is 2. The fourth-order valence-electron chi connectivity index (χ4n) is 1.69. The van der Waals surface area contributed by atoms with Gasteiger partial charge in [0.15, 0.2) is 0 Å². The van der Waals surface area contributed by atoms with Gasteiger partial charge in [-0.15, -0.1) is 0 Å². The molecule has 0 saturated carbocycles. The van der Waals surface area contributed by atoms with Crippen LogP contribution in [0.5, 0.6) is 5.75 Å². The van der Waals surface area contributed by atoms with Crippen LogP contribution in [0.2, 0.25) is 0 Å². The normalized spacial score (nSPS) is 12.7. The van der Waals surface area contributed by atoms with E-state index in [1.807, 2.05) is 19.1 Å². The van der Waals surface area contributed by atoms with Gasteiger partial charge >= 0.3 is 0 Å². The summed E-state index contributed by atoms with van der Waals surface area (Å²) in [4.78, 5) is 0. The molecule has 0 saturated heterocycles. The summed E-state index contributed by atoms with van der Waals surface area (Å²) in [7, 11) is 0. The van der Waals surface area contributed by atoms with Gasteiger partial charge in [0.1, 0.15) is 5.75 Å². The number of phenolic OH excluding ortho intramolecular Hbond substituents is 1. The van der Waals surface area contributed by atoms with Crippen LogP contribution in [0.25, 0.3) is 0 Å². The SMILES string of the molecule is CCCCC[C@H](N)c1ccc(O)c(C)c1. The van der Waals surface area contributed by atoms with Gasteiger partial charge in [-0.1, -0.05) is 38.3 Å². The molecule has 0 unspecified atom stereocenters. The van der Waals surface area contributed by atoms with Gasteiger partial charge in [0.05, 0.1) is 0 Å². The quantitative estimate of drug-likeness (QED) is 0.728. The molecule has 2 heteroatoms. The summed E-state index contributed by atoms with van der Waals surface area (Å²) in [5.74, 6) is 0.347. The number of phenols is 1. The van der Waals surface area contributed by atoms with Crippen LogP contribution in [-0.4, -0.2) is 5.11 Å². The first-order chi connectivity index (χ1) is 7.15. The smallest absolute Gasteiger partial charge is 0.118 e. The molecule has 0 fully saturated rings. The van der Waals surface area contributed by atoms with E-state index in [4.69, 9.17) is 5.73 Å². The van der Waals surface area contributed by atoms with E-state index < -0.39 is 0 Å². The highest BCUT2D eigenvalue weighted by atomic mass is 16.3. The van der Waals surface area contributed by atoms with Crippen molar-refractivity contribution in [2.75, 3.05) is 0 Å². The maximum absolute atomic E-state index is 9.40. The second-order valence-electron chi connectivity index (χ2n) is 4.15. The molecule has 1 aromatic rings. The highest BCUT2D eigenvalue weighted by molar-refractivity contribution is 5.36. The summed E-state index contributed by atoms with van der Waals surface area (Å²) in [5.41, 5.74) is 8.10. The Morgan fingerprint density at radius 2 is 2.07 bits per heavy atom. The number of rotatable bonds is 5. The number of nitrogens with two attached hydrogens (primary N) is 1. The first-order valence-corrected chi connectivity index (χ1v) is 5.70. The largest absolute Gasteiger partial charge is 0.508 e. The van der Waals surface area contributed by atoms with Crippen LogP contribution in [0, 0.1) is 6.92 Å². The van der Waals surface area contributed by atoms with E-state index in [9.17, 15) is 5.11 Å². The molecule has 3 N–H and O–H groups in total. The Bertz CT molecular complexity index is 309. The molecule has 0 bridgehead atoms. The molecule has 0 heterocycles. The number of aryl methyl sites for hydroxylation is 1. The van der Waals surface area contributed by atoms with Gasteiger partial charge in [0, 0.05) is 6.04 Å². The van der Waals surface area contributed by atoms with Crippen LogP contribution in [0.1, 0.15) is 49.8 Å². The molecule has 84 valence electrons. The van der Waals surface area contributed by atoms with Crippen molar-refractivity contribution >= 4 is 0 Å². The van der Waals surface area contributed by atoms with Crippen LogP contribution in [0.4, 0.5) is 0 Å². The van der Waals surface area contributed by atoms with E-state index in [2.05, 4.69) is 6.92 Å². The minimum absolute atomic E-state index is 0.107. The van der Waals surface area contributed by atoms with Crippen molar-refractivity contribution in [1.82, 2.24) is 0 Å². The zero-order chi connectivity index (χ0) is 11.3. The monoisotopic (exact) mass is 207 g/mol. The Morgan fingerprint density at radius 1 is 1.33 bits per heavy atom. The second-order valence-corrected chi connectivity index (χ2v) is 4.15. The van der Waals surface area contributed by atoms with Gasteiger partial charge in [-0.3, -0.25) is 0 Å². The number of hydrogen-bond donors (Lipinski definition) is 2. The van der Waals surface area contributed by atoms with Gasteiger partial charge < -0.3 is 10.8 Å². The molecular formula is C13H21NO. The lowest BCUT2D eigenvalue weighted by atomic mass is 9.99. The van der Waals surface area contributed by atoms with Crippen LogP contribution in [0.3, 0.4) is 0 Å². The third-order valence-corrected chi connectivity index (χ3v) is 2.77. The first-order valence-electron chi connectivity index (χ1n) is 5.70. The summed E-state index contributed by atoms with van der Waals surface area (Å²) in [5, 5.41) is 9.40. The van der Waals surface area contributed by atoms with Crippen LogP contribution in [0.15, 0.2) is 18.2 Å². The summed E-state index contributed by atoms with van der Waals surface area (Å²) in [6.07, 6.45) is 4.67. The average molecular weight is 207 g/mol. The van der Waals surface area contributed by atoms with Crippen LogP contribution >= 0.6 is 0 Å². The van der Waals surface area contributed by atoms with E-state index in [1.54, 1.807) is 6.07 Å².